The summed E-state index contributed by atoms with van der Waals surface area (Å²) in [5, 5.41) is 19.0. The second-order valence-corrected chi connectivity index (χ2v) is 21.3. The third-order valence-electron chi connectivity index (χ3n) is 11.9. The molecule has 2 unspecified atom stereocenters. The zero-order chi connectivity index (χ0) is 50.7. The molecule has 4 amide bonds. The Morgan fingerprint density at radius 2 is 0.957 bits per heavy atom. The van der Waals surface area contributed by atoms with Gasteiger partial charge in [0.25, 0.3) is 11.8 Å². The van der Waals surface area contributed by atoms with E-state index in [9.17, 15) is 19.2 Å². The summed E-state index contributed by atoms with van der Waals surface area (Å²) in [6, 6.07) is 24.1. The fraction of sp³-hybridized carbons (Fsp3) is 0.500. The predicted octanol–water partition coefficient (Wildman–Crippen LogP) is 9.81. The molecule has 2 fully saturated rings. The van der Waals surface area contributed by atoms with Crippen molar-refractivity contribution in [2.45, 2.75) is 167 Å². The largest absolute Gasteiger partial charge is 0.444 e. The van der Waals surface area contributed by atoms with Crippen LogP contribution in [0.1, 0.15) is 152 Å². The zero-order valence-electron chi connectivity index (χ0n) is 41.8. The zero-order valence-corrected chi connectivity index (χ0v) is 42.6. The van der Waals surface area contributed by atoms with Gasteiger partial charge in [0.2, 0.25) is 0 Å². The molecular formula is C52H73ClN10O6. The summed E-state index contributed by atoms with van der Waals surface area (Å²) in [5.41, 5.74) is 12.5. The Kier molecular flexibility index (Phi) is 17.8. The lowest BCUT2D eigenvalue weighted by atomic mass is 9.90. The molecule has 69 heavy (non-hydrogen) atoms. The molecule has 10 N–H and O–H groups in total. The van der Waals surface area contributed by atoms with Gasteiger partial charge in [0, 0.05) is 12.1 Å². The SMILES string of the molecule is CC(C)(C)OC(=O)N[C@H]1CCCCC1Nc1ccc(C(=O)NC(C)(C)c2ccccc2)c(N)n1.CC(C)(C)OC(=O)N[C@H]1CCCCC1Nc1nc(N)c(C(=O)NC(C)(C)c2ccccc2)cc1Cl. The van der Waals surface area contributed by atoms with Gasteiger partial charge < -0.3 is 52.8 Å². The number of carbonyl (C=O) groups is 4. The van der Waals surface area contributed by atoms with Crippen molar-refractivity contribution in [3.05, 3.63) is 106 Å². The van der Waals surface area contributed by atoms with E-state index in [0.717, 1.165) is 62.5 Å². The topological polar surface area (TPSA) is 237 Å². The van der Waals surface area contributed by atoms with Crippen molar-refractivity contribution in [2.75, 3.05) is 22.1 Å². The number of alkyl carbamates (subject to hydrolysis) is 2. The van der Waals surface area contributed by atoms with E-state index in [-0.39, 0.29) is 58.2 Å². The Bertz CT molecular complexity index is 2390. The molecule has 4 atom stereocenters. The van der Waals surface area contributed by atoms with Crippen LogP contribution in [0.4, 0.5) is 32.9 Å². The molecule has 2 aliphatic carbocycles. The number of aromatic nitrogens is 2. The Hall–Kier alpha value is -6.29. The Morgan fingerprint density at radius 3 is 1.39 bits per heavy atom. The Morgan fingerprint density at radius 1 is 0.551 bits per heavy atom. The molecule has 374 valence electrons. The quantitative estimate of drug-likeness (QED) is 0.0662. The van der Waals surface area contributed by atoms with Gasteiger partial charge in [-0.15, -0.1) is 0 Å². The summed E-state index contributed by atoms with van der Waals surface area (Å²) in [6.45, 7) is 18.7. The highest BCUT2D eigenvalue weighted by atomic mass is 35.5. The first-order valence-electron chi connectivity index (χ1n) is 23.8. The minimum Gasteiger partial charge on any atom is -0.444 e. The summed E-state index contributed by atoms with van der Waals surface area (Å²) in [4.78, 5) is 59.4. The number of hydrogen-bond acceptors (Lipinski definition) is 12. The van der Waals surface area contributed by atoms with Crippen LogP contribution in [0.3, 0.4) is 0 Å². The standard InChI is InChI=1S/C26H36ClN5O3.C26H37N5O3/c1-25(2,3)35-24(34)30-20-14-10-9-13-19(20)29-22-18(27)15-17(21(28)31-22)23(33)32-26(4,5)16-11-7-6-8-12-16;1-25(2,3)34-24(33)29-20-14-10-9-13-19(20)28-21-16-15-18(22(27)30-21)23(32)31-26(4,5)17-11-7-6-8-12-17/h6-8,11-12,15,19-20H,9-10,13-14H2,1-5H3,(H,30,34)(H,32,33)(H3,28,29,31);6-8,11-12,15-16,19-20H,9-10,13-14H2,1-5H3,(H,29,33)(H,31,32)(H3,27,28,30)/t2*19?,20-/m00/s1. The molecule has 0 radical (unpaired) electrons. The lowest BCUT2D eigenvalue weighted by Gasteiger charge is -2.34. The molecular weight excluding hydrogens is 896 g/mol. The van der Waals surface area contributed by atoms with Gasteiger partial charge in [-0.3, -0.25) is 9.59 Å². The highest BCUT2D eigenvalue weighted by Crippen LogP contribution is 2.30. The van der Waals surface area contributed by atoms with Gasteiger partial charge in [0.05, 0.1) is 39.3 Å². The van der Waals surface area contributed by atoms with E-state index in [1.54, 1.807) is 12.1 Å². The number of nitrogens with two attached hydrogens (primary N) is 2. The van der Waals surface area contributed by atoms with Crippen molar-refractivity contribution in [2.24, 2.45) is 0 Å². The predicted molar refractivity (Wildman–Crippen MR) is 274 cm³/mol. The maximum Gasteiger partial charge on any atom is 0.407 e. The first-order valence-corrected chi connectivity index (χ1v) is 24.2. The van der Waals surface area contributed by atoms with Crippen molar-refractivity contribution < 1.29 is 28.7 Å². The smallest absolute Gasteiger partial charge is 0.407 e. The van der Waals surface area contributed by atoms with Crippen LogP contribution < -0.4 is 43.4 Å². The summed E-state index contributed by atoms with van der Waals surface area (Å²) in [5.74, 6) is 0.529. The van der Waals surface area contributed by atoms with E-state index < -0.39 is 34.5 Å². The van der Waals surface area contributed by atoms with Crippen LogP contribution in [0, 0.1) is 0 Å². The number of nitrogens with one attached hydrogen (secondary N) is 6. The number of carbonyl (C=O) groups excluding carboxylic acids is 4. The second kappa shape index (κ2) is 22.9. The van der Waals surface area contributed by atoms with E-state index in [4.69, 9.17) is 32.5 Å². The second-order valence-electron chi connectivity index (χ2n) is 20.8. The van der Waals surface area contributed by atoms with E-state index in [2.05, 4.69) is 41.9 Å². The van der Waals surface area contributed by atoms with Crippen molar-refractivity contribution in [1.29, 1.82) is 0 Å². The van der Waals surface area contributed by atoms with E-state index >= 15 is 0 Å². The van der Waals surface area contributed by atoms with Crippen LogP contribution >= 0.6 is 11.6 Å². The summed E-state index contributed by atoms with van der Waals surface area (Å²) < 4.78 is 10.8. The molecule has 0 saturated heterocycles. The molecule has 0 aliphatic heterocycles. The monoisotopic (exact) mass is 969 g/mol. The molecule has 2 heterocycles. The molecule has 2 saturated carbocycles. The number of rotatable bonds is 12. The number of amides is 4. The van der Waals surface area contributed by atoms with Gasteiger partial charge in [-0.2, -0.15) is 0 Å². The van der Waals surface area contributed by atoms with Crippen LogP contribution in [-0.4, -0.2) is 69.3 Å². The number of anilines is 4. The van der Waals surface area contributed by atoms with Gasteiger partial charge >= 0.3 is 12.2 Å². The van der Waals surface area contributed by atoms with Gasteiger partial charge in [-0.25, -0.2) is 19.6 Å². The minimum absolute atomic E-state index is 0.00939. The van der Waals surface area contributed by atoms with Crippen LogP contribution in [0.25, 0.3) is 0 Å². The summed E-state index contributed by atoms with van der Waals surface area (Å²) in [7, 11) is 0. The number of pyridine rings is 2. The van der Waals surface area contributed by atoms with Crippen LogP contribution in [0.5, 0.6) is 0 Å². The van der Waals surface area contributed by atoms with Gasteiger partial charge in [0.1, 0.15) is 34.5 Å². The molecule has 17 heteroatoms. The molecule has 0 bridgehead atoms. The number of nitrogen functional groups attached to an aromatic ring is 2. The highest BCUT2D eigenvalue weighted by Gasteiger charge is 2.32. The van der Waals surface area contributed by atoms with Crippen LogP contribution in [0.15, 0.2) is 78.9 Å². The lowest BCUT2D eigenvalue weighted by molar-refractivity contribution is 0.0477. The average molecular weight is 970 g/mol. The van der Waals surface area contributed by atoms with E-state index in [1.807, 2.05) is 130 Å². The molecule has 2 aromatic carbocycles. The van der Waals surface area contributed by atoms with Crippen LogP contribution in [-0.2, 0) is 20.6 Å². The molecule has 6 rings (SSSR count). The lowest BCUT2D eigenvalue weighted by Crippen LogP contribution is -2.50. The van der Waals surface area contributed by atoms with Gasteiger partial charge in [-0.1, -0.05) is 97.9 Å². The number of halogens is 1. The highest BCUT2D eigenvalue weighted by molar-refractivity contribution is 6.33. The van der Waals surface area contributed by atoms with Gasteiger partial charge in [0.15, 0.2) is 0 Å². The number of ether oxygens (including phenoxy) is 2. The molecule has 2 aromatic heterocycles. The minimum atomic E-state index is -0.614. The molecule has 0 spiro atoms. The first kappa shape index (κ1) is 53.7. The normalized spacial score (nSPS) is 18.5. The van der Waals surface area contributed by atoms with Gasteiger partial charge in [-0.05, 0) is 124 Å². The van der Waals surface area contributed by atoms with E-state index in [0.29, 0.717) is 17.2 Å². The van der Waals surface area contributed by atoms with Crippen molar-refractivity contribution in [3.63, 3.8) is 0 Å². The Labute approximate surface area is 412 Å². The molecule has 16 nitrogen and oxygen atoms in total. The fourth-order valence-corrected chi connectivity index (χ4v) is 8.53. The maximum atomic E-state index is 13.0. The fourth-order valence-electron chi connectivity index (χ4n) is 8.33. The number of nitrogens with zero attached hydrogens (tertiary/aromatic N) is 2. The number of hydrogen-bond donors (Lipinski definition) is 8. The maximum absolute atomic E-state index is 13.0. The number of benzene rings is 2. The average Bonchev–Trinajstić information content (AvgIpc) is 3.25. The third kappa shape index (κ3) is 16.2. The van der Waals surface area contributed by atoms with Crippen molar-refractivity contribution in [3.8, 4) is 0 Å². The van der Waals surface area contributed by atoms with Crippen molar-refractivity contribution in [1.82, 2.24) is 31.2 Å². The van der Waals surface area contributed by atoms with E-state index in [1.165, 1.54) is 6.07 Å². The molecule has 2 aliphatic rings. The Balaban J connectivity index is 0.000000258. The third-order valence-corrected chi connectivity index (χ3v) is 12.1. The first-order chi connectivity index (χ1) is 32.3. The van der Waals surface area contributed by atoms with Crippen molar-refractivity contribution >= 4 is 58.9 Å². The summed E-state index contributed by atoms with van der Waals surface area (Å²) >= 11 is 6.52. The molecule has 4 aromatic rings. The van der Waals surface area contributed by atoms with Crippen LogP contribution in [0.2, 0.25) is 5.02 Å². The summed E-state index contributed by atoms with van der Waals surface area (Å²) in [6.07, 6.45) is 6.57.